The minimum absolute atomic E-state index is 0.0818. The number of rotatable bonds is 4. The predicted molar refractivity (Wildman–Crippen MR) is 78.7 cm³/mol. The molecule has 0 amide bonds. The van der Waals surface area contributed by atoms with E-state index in [4.69, 9.17) is 11.1 Å². The summed E-state index contributed by atoms with van der Waals surface area (Å²) in [5.74, 6) is 1.59. The molecule has 0 spiro atoms. The molecule has 1 aliphatic heterocycles. The van der Waals surface area contributed by atoms with Crippen molar-refractivity contribution in [2.45, 2.75) is 12.8 Å². The first-order chi connectivity index (χ1) is 9.08. The molecule has 1 aliphatic rings. The van der Waals surface area contributed by atoms with Crippen LogP contribution < -0.4 is 10.6 Å². The molecule has 2 heterocycles. The molecule has 1 aromatic rings. The molecule has 0 bridgehead atoms. The molecule has 19 heavy (non-hydrogen) atoms. The Morgan fingerprint density at radius 1 is 1.53 bits per heavy atom. The lowest BCUT2D eigenvalue weighted by Gasteiger charge is -2.32. The van der Waals surface area contributed by atoms with Crippen molar-refractivity contribution < 1.29 is 0 Å². The van der Waals surface area contributed by atoms with E-state index in [1.807, 2.05) is 19.2 Å². The van der Waals surface area contributed by atoms with Crippen LogP contribution in [0.4, 0.5) is 5.82 Å². The highest BCUT2D eigenvalue weighted by molar-refractivity contribution is 5.99. The lowest BCUT2D eigenvalue weighted by molar-refractivity contribution is 0.222. The molecule has 0 aliphatic carbocycles. The van der Waals surface area contributed by atoms with Gasteiger partial charge in [0.15, 0.2) is 0 Å². The van der Waals surface area contributed by atoms with Gasteiger partial charge in [-0.3, -0.25) is 5.41 Å². The zero-order valence-electron chi connectivity index (χ0n) is 11.8. The zero-order chi connectivity index (χ0) is 13.8. The van der Waals surface area contributed by atoms with Crippen molar-refractivity contribution in [1.82, 2.24) is 9.88 Å². The molecule has 0 radical (unpaired) electrons. The number of nitrogens with one attached hydrogen (secondary N) is 1. The van der Waals surface area contributed by atoms with Crippen LogP contribution >= 0.6 is 0 Å². The van der Waals surface area contributed by atoms with Crippen molar-refractivity contribution in [1.29, 1.82) is 5.41 Å². The topological polar surface area (TPSA) is 69.2 Å². The van der Waals surface area contributed by atoms with E-state index in [1.165, 1.54) is 25.9 Å². The molecule has 5 nitrogen and oxygen atoms in total. The van der Waals surface area contributed by atoms with Gasteiger partial charge < -0.3 is 15.5 Å². The van der Waals surface area contributed by atoms with Crippen LogP contribution in [0.25, 0.3) is 0 Å². The van der Waals surface area contributed by atoms with Crippen LogP contribution in [-0.4, -0.2) is 49.4 Å². The molecule has 3 N–H and O–H groups in total. The van der Waals surface area contributed by atoms with Crippen LogP contribution in [-0.2, 0) is 0 Å². The van der Waals surface area contributed by atoms with Crippen LogP contribution in [0.15, 0.2) is 18.3 Å². The first-order valence-electron chi connectivity index (χ1n) is 6.77. The molecular weight excluding hydrogens is 238 g/mol. The summed E-state index contributed by atoms with van der Waals surface area (Å²) in [6, 6.07) is 3.68. The number of likely N-dealkylation sites (tertiary alicyclic amines) is 1. The van der Waals surface area contributed by atoms with Crippen LogP contribution in [0.3, 0.4) is 0 Å². The molecule has 0 aromatic carbocycles. The minimum Gasteiger partial charge on any atom is -0.384 e. The predicted octanol–water partition coefficient (Wildman–Crippen LogP) is 1.14. The van der Waals surface area contributed by atoms with Gasteiger partial charge in [0, 0.05) is 19.8 Å². The number of amidine groups is 1. The first-order valence-corrected chi connectivity index (χ1v) is 6.77. The lowest BCUT2D eigenvalue weighted by Crippen LogP contribution is -2.36. The fourth-order valence-electron chi connectivity index (χ4n) is 2.63. The summed E-state index contributed by atoms with van der Waals surface area (Å²) in [5.41, 5.74) is 6.33. The number of nitrogen functional groups attached to an aromatic ring is 1. The number of nitrogens with zero attached hydrogens (tertiary/aromatic N) is 3. The Kier molecular flexibility index (Phi) is 4.37. The Morgan fingerprint density at radius 2 is 2.21 bits per heavy atom. The molecule has 1 saturated heterocycles. The number of aromatic nitrogens is 1. The van der Waals surface area contributed by atoms with Crippen molar-refractivity contribution in [3.8, 4) is 0 Å². The highest BCUT2D eigenvalue weighted by Gasteiger charge is 2.20. The Morgan fingerprint density at radius 3 is 2.84 bits per heavy atom. The highest BCUT2D eigenvalue weighted by atomic mass is 15.2. The highest BCUT2D eigenvalue weighted by Crippen LogP contribution is 2.21. The van der Waals surface area contributed by atoms with Gasteiger partial charge in [-0.05, 0) is 51.0 Å². The van der Waals surface area contributed by atoms with E-state index in [1.54, 1.807) is 6.20 Å². The Balaban J connectivity index is 2.03. The normalized spacial score (nSPS) is 17.4. The number of nitrogens with two attached hydrogens (primary N) is 1. The quantitative estimate of drug-likeness (QED) is 0.630. The van der Waals surface area contributed by atoms with Crippen molar-refractivity contribution in [3.63, 3.8) is 0 Å². The van der Waals surface area contributed by atoms with E-state index in [0.717, 1.165) is 17.9 Å². The van der Waals surface area contributed by atoms with Gasteiger partial charge in [-0.25, -0.2) is 4.98 Å². The van der Waals surface area contributed by atoms with Gasteiger partial charge in [0.2, 0.25) is 0 Å². The minimum atomic E-state index is 0.0818. The van der Waals surface area contributed by atoms with E-state index in [0.29, 0.717) is 5.92 Å². The molecular formula is C14H23N5. The number of pyridine rings is 1. The molecule has 5 heteroatoms. The third-order valence-corrected chi connectivity index (χ3v) is 3.81. The van der Waals surface area contributed by atoms with Crippen LogP contribution in [0.5, 0.6) is 0 Å². The SMILES string of the molecule is CN1CCC(CN(C)c2ncccc2C(=N)N)CC1. The van der Waals surface area contributed by atoms with Crippen molar-refractivity contribution in [3.05, 3.63) is 23.9 Å². The maximum Gasteiger partial charge on any atom is 0.139 e. The summed E-state index contributed by atoms with van der Waals surface area (Å²) in [7, 11) is 4.21. The Labute approximate surface area is 114 Å². The second-order valence-electron chi connectivity index (χ2n) is 5.42. The van der Waals surface area contributed by atoms with Gasteiger partial charge in [-0.15, -0.1) is 0 Å². The van der Waals surface area contributed by atoms with E-state index in [2.05, 4.69) is 21.8 Å². The van der Waals surface area contributed by atoms with Crippen LogP contribution in [0, 0.1) is 11.3 Å². The average molecular weight is 261 g/mol. The molecule has 0 saturated carbocycles. The smallest absolute Gasteiger partial charge is 0.139 e. The number of piperidine rings is 1. The maximum absolute atomic E-state index is 7.62. The Bertz CT molecular complexity index is 437. The third kappa shape index (κ3) is 3.44. The summed E-state index contributed by atoms with van der Waals surface area (Å²) in [4.78, 5) is 8.88. The van der Waals surface area contributed by atoms with E-state index in [-0.39, 0.29) is 5.84 Å². The second-order valence-corrected chi connectivity index (χ2v) is 5.42. The van der Waals surface area contributed by atoms with Gasteiger partial charge >= 0.3 is 0 Å². The van der Waals surface area contributed by atoms with Crippen LogP contribution in [0.2, 0.25) is 0 Å². The van der Waals surface area contributed by atoms with Gasteiger partial charge in [0.25, 0.3) is 0 Å². The molecule has 104 valence electrons. The van der Waals surface area contributed by atoms with Crippen molar-refractivity contribution in [2.24, 2.45) is 11.7 Å². The van der Waals surface area contributed by atoms with E-state index < -0.39 is 0 Å². The van der Waals surface area contributed by atoms with Gasteiger partial charge in [0.1, 0.15) is 11.7 Å². The average Bonchev–Trinajstić information content (AvgIpc) is 2.41. The number of hydrogen-bond donors (Lipinski definition) is 2. The molecule has 2 rings (SSSR count). The van der Waals surface area contributed by atoms with Crippen molar-refractivity contribution >= 4 is 11.7 Å². The van der Waals surface area contributed by atoms with Crippen LogP contribution in [0.1, 0.15) is 18.4 Å². The standard InChI is InChI=1S/C14H23N5/c1-18-8-5-11(6-9-18)10-19(2)14-12(13(15)16)4-3-7-17-14/h3-4,7,11H,5-6,8-10H2,1-2H3,(H3,15,16). The molecule has 0 atom stereocenters. The van der Waals surface area contributed by atoms with Crippen molar-refractivity contribution in [2.75, 3.05) is 38.6 Å². The summed E-state index contributed by atoms with van der Waals surface area (Å²) >= 11 is 0. The monoisotopic (exact) mass is 261 g/mol. The zero-order valence-corrected chi connectivity index (χ0v) is 11.8. The maximum atomic E-state index is 7.62. The van der Waals surface area contributed by atoms with E-state index >= 15 is 0 Å². The molecule has 1 aromatic heterocycles. The molecule has 1 fully saturated rings. The summed E-state index contributed by atoms with van der Waals surface area (Å²) in [5, 5.41) is 7.62. The Hall–Kier alpha value is -1.62. The summed E-state index contributed by atoms with van der Waals surface area (Å²) < 4.78 is 0. The summed E-state index contributed by atoms with van der Waals surface area (Å²) in [6.07, 6.45) is 4.21. The van der Waals surface area contributed by atoms with E-state index in [9.17, 15) is 0 Å². The second kappa shape index (κ2) is 6.02. The van der Waals surface area contributed by atoms with Gasteiger partial charge in [0.05, 0.1) is 5.56 Å². The summed E-state index contributed by atoms with van der Waals surface area (Å²) in [6.45, 7) is 3.31. The lowest BCUT2D eigenvalue weighted by atomic mass is 9.96. The van der Waals surface area contributed by atoms with Gasteiger partial charge in [-0.1, -0.05) is 0 Å². The third-order valence-electron chi connectivity index (χ3n) is 3.81. The fraction of sp³-hybridized carbons (Fsp3) is 0.571. The molecule has 0 unspecified atom stereocenters. The van der Waals surface area contributed by atoms with Gasteiger partial charge in [-0.2, -0.15) is 0 Å². The fourth-order valence-corrected chi connectivity index (χ4v) is 2.63. The first kappa shape index (κ1) is 13.8. The largest absolute Gasteiger partial charge is 0.384 e. The number of anilines is 1. The number of hydrogen-bond acceptors (Lipinski definition) is 4.